The molecular weight excluding hydrogens is 288 g/mol. The van der Waals surface area contributed by atoms with E-state index in [0.717, 1.165) is 43.7 Å². The van der Waals surface area contributed by atoms with Gasteiger partial charge in [0.2, 0.25) is 5.91 Å². The summed E-state index contributed by atoms with van der Waals surface area (Å²) in [6.07, 6.45) is 5.24. The van der Waals surface area contributed by atoms with Gasteiger partial charge in [-0.05, 0) is 19.3 Å². The molecule has 0 radical (unpaired) electrons. The number of rotatable bonds is 6. The van der Waals surface area contributed by atoms with Gasteiger partial charge in [-0.2, -0.15) is 0 Å². The maximum absolute atomic E-state index is 12.5. The number of methoxy groups -OCH3 is 1. The second-order valence-corrected chi connectivity index (χ2v) is 6.30. The van der Waals surface area contributed by atoms with E-state index in [1.54, 1.807) is 5.38 Å². The number of hydrogen-bond acceptors (Lipinski definition) is 5. The van der Waals surface area contributed by atoms with Crippen LogP contribution in [0.1, 0.15) is 54.5 Å². The van der Waals surface area contributed by atoms with E-state index in [1.165, 1.54) is 18.4 Å². The molecule has 1 heterocycles. The SMILES string of the molecule is CCCN(Cc1nc(C(=O)OC)cs1)C(=O)C1CCCC1. The van der Waals surface area contributed by atoms with Gasteiger partial charge in [0.25, 0.3) is 0 Å². The zero-order valence-electron chi connectivity index (χ0n) is 12.6. The highest BCUT2D eigenvalue weighted by molar-refractivity contribution is 7.09. The van der Waals surface area contributed by atoms with Gasteiger partial charge in [-0.1, -0.05) is 19.8 Å². The Hall–Kier alpha value is -1.43. The predicted molar refractivity (Wildman–Crippen MR) is 81.1 cm³/mol. The number of nitrogens with zero attached hydrogens (tertiary/aromatic N) is 2. The van der Waals surface area contributed by atoms with Crippen LogP contribution in [0, 0.1) is 5.92 Å². The van der Waals surface area contributed by atoms with E-state index >= 15 is 0 Å². The minimum Gasteiger partial charge on any atom is -0.464 e. The third-order valence-electron chi connectivity index (χ3n) is 3.78. The van der Waals surface area contributed by atoms with E-state index in [1.807, 2.05) is 4.90 Å². The van der Waals surface area contributed by atoms with Crippen molar-refractivity contribution in [2.45, 2.75) is 45.6 Å². The average Bonchev–Trinajstić information content (AvgIpc) is 3.16. The molecule has 2 rings (SSSR count). The molecule has 0 aliphatic heterocycles. The van der Waals surface area contributed by atoms with Crippen molar-refractivity contribution in [2.75, 3.05) is 13.7 Å². The summed E-state index contributed by atoms with van der Waals surface area (Å²) in [5.74, 6) is -0.0116. The quantitative estimate of drug-likeness (QED) is 0.758. The standard InChI is InChI=1S/C15H22N2O3S/c1-3-8-17(14(18)11-6-4-5-7-11)9-13-16-12(10-21-13)15(19)20-2/h10-11H,3-9H2,1-2H3. The Labute approximate surface area is 129 Å². The van der Waals surface area contributed by atoms with Gasteiger partial charge in [0.15, 0.2) is 5.69 Å². The van der Waals surface area contributed by atoms with Gasteiger partial charge in [-0.15, -0.1) is 11.3 Å². The molecule has 0 unspecified atom stereocenters. The molecule has 0 saturated heterocycles. The predicted octanol–water partition coefficient (Wildman–Crippen LogP) is 2.86. The minimum absolute atomic E-state index is 0.177. The van der Waals surface area contributed by atoms with E-state index in [9.17, 15) is 9.59 Å². The molecule has 1 aliphatic carbocycles. The molecule has 0 spiro atoms. The summed E-state index contributed by atoms with van der Waals surface area (Å²) < 4.78 is 4.66. The second-order valence-electron chi connectivity index (χ2n) is 5.36. The number of aromatic nitrogens is 1. The molecule has 0 atom stereocenters. The molecule has 0 aromatic carbocycles. The molecule has 0 bridgehead atoms. The van der Waals surface area contributed by atoms with Crippen molar-refractivity contribution < 1.29 is 14.3 Å². The first kappa shape index (κ1) is 15.9. The van der Waals surface area contributed by atoms with E-state index < -0.39 is 5.97 Å². The Morgan fingerprint density at radius 2 is 2.14 bits per heavy atom. The van der Waals surface area contributed by atoms with Gasteiger partial charge in [0.05, 0.1) is 13.7 Å². The molecule has 116 valence electrons. The fourth-order valence-corrected chi connectivity index (χ4v) is 3.49. The summed E-state index contributed by atoms with van der Waals surface area (Å²) >= 11 is 1.40. The van der Waals surface area contributed by atoms with Gasteiger partial charge >= 0.3 is 5.97 Å². The monoisotopic (exact) mass is 310 g/mol. The lowest BCUT2D eigenvalue weighted by atomic mass is 10.1. The van der Waals surface area contributed by atoms with Gasteiger partial charge in [0.1, 0.15) is 5.01 Å². The zero-order chi connectivity index (χ0) is 15.2. The third kappa shape index (κ3) is 4.03. The van der Waals surface area contributed by atoms with Crippen LogP contribution in [-0.2, 0) is 16.1 Å². The van der Waals surface area contributed by atoms with Crippen LogP contribution in [0.5, 0.6) is 0 Å². The van der Waals surface area contributed by atoms with Crippen LogP contribution in [0.25, 0.3) is 0 Å². The number of carbonyl (C=O) groups is 2. The van der Waals surface area contributed by atoms with Gasteiger partial charge < -0.3 is 9.64 Å². The molecule has 1 fully saturated rings. The number of hydrogen-bond donors (Lipinski definition) is 0. The van der Waals surface area contributed by atoms with E-state index in [2.05, 4.69) is 16.6 Å². The molecule has 5 nitrogen and oxygen atoms in total. The lowest BCUT2D eigenvalue weighted by molar-refractivity contribution is -0.136. The average molecular weight is 310 g/mol. The first-order chi connectivity index (χ1) is 10.2. The molecule has 1 aromatic rings. The Morgan fingerprint density at radius 1 is 1.43 bits per heavy atom. The highest BCUT2D eigenvalue weighted by Gasteiger charge is 2.27. The maximum atomic E-state index is 12.5. The minimum atomic E-state index is -0.429. The third-order valence-corrected chi connectivity index (χ3v) is 4.62. The van der Waals surface area contributed by atoms with Crippen molar-refractivity contribution in [3.8, 4) is 0 Å². The number of carbonyl (C=O) groups excluding carboxylic acids is 2. The van der Waals surface area contributed by atoms with Crippen molar-refractivity contribution in [2.24, 2.45) is 5.92 Å². The number of ether oxygens (including phenoxy) is 1. The molecule has 1 amide bonds. The molecule has 21 heavy (non-hydrogen) atoms. The summed E-state index contributed by atoms with van der Waals surface area (Å²) in [5, 5.41) is 2.47. The molecule has 1 aromatic heterocycles. The Morgan fingerprint density at radius 3 is 2.76 bits per heavy atom. The highest BCUT2D eigenvalue weighted by atomic mass is 32.1. The van der Waals surface area contributed by atoms with Gasteiger partial charge in [0, 0.05) is 17.8 Å². The van der Waals surface area contributed by atoms with Gasteiger partial charge in [-0.25, -0.2) is 9.78 Å². The summed E-state index contributed by atoms with van der Waals surface area (Å²) in [7, 11) is 1.34. The van der Waals surface area contributed by atoms with E-state index in [4.69, 9.17) is 0 Å². The summed E-state index contributed by atoms with van der Waals surface area (Å²) in [6, 6.07) is 0. The van der Waals surface area contributed by atoms with E-state index in [0.29, 0.717) is 12.2 Å². The smallest absolute Gasteiger partial charge is 0.357 e. The lowest BCUT2D eigenvalue weighted by Gasteiger charge is -2.24. The largest absolute Gasteiger partial charge is 0.464 e. The van der Waals surface area contributed by atoms with Crippen molar-refractivity contribution >= 4 is 23.2 Å². The van der Waals surface area contributed by atoms with Crippen LogP contribution < -0.4 is 0 Å². The number of amides is 1. The number of esters is 1. The van der Waals surface area contributed by atoms with E-state index in [-0.39, 0.29) is 11.8 Å². The summed E-state index contributed by atoms with van der Waals surface area (Å²) in [5.41, 5.74) is 0.322. The second kappa shape index (κ2) is 7.54. The Bertz CT molecular complexity index is 495. The van der Waals surface area contributed by atoms with Crippen molar-refractivity contribution in [1.82, 2.24) is 9.88 Å². The van der Waals surface area contributed by atoms with Crippen LogP contribution in [0.2, 0.25) is 0 Å². The molecule has 1 aliphatic rings. The topological polar surface area (TPSA) is 59.5 Å². The molecular formula is C15H22N2O3S. The summed E-state index contributed by atoms with van der Waals surface area (Å²) in [4.78, 5) is 30.1. The first-order valence-corrected chi connectivity index (χ1v) is 8.35. The summed E-state index contributed by atoms with van der Waals surface area (Å²) in [6.45, 7) is 3.30. The van der Waals surface area contributed by atoms with Crippen LogP contribution in [-0.4, -0.2) is 35.4 Å². The van der Waals surface area contributed by atoms with Crippen LogP contribution in [0.4, 0.5) is 0 Å². The fourth-order valence-electron chi connectivity index (χ4n) is 2.71. The van der Waals surface area contributed by atoms with Crippen molar-refractivity contribution in [1.29, 1.82) is 0 Å². The van der Waals surface area contributed by atoms with Crippen LogP contribution in [0.3, 0.4) is 0 Å². The Kier molecular flexibility index (Phi) is 5.73. The van der Waals surface area contributed by atoms with Crippen molar-refractivity contribution in [3.63, 3.8) is 0 Å². The first-order valence-electron chi connectivity index (χ1n) is 7.47. The normalized spacial score (nSPS) is 15.1. The molecule has 6 heteroatoms. The zero-order valence-corrected chi connectivity index (χ0v) is 13.4. The van der Waals surface area contributed by atoms with Crippen LogP contribution >= 0.6 is 11.3 Å². The van der Waals surface area contributed by atoms with Gasteiger partial charge in [-0.3, -0.25) is 4.79 Å². The fraction of sp³-hybridized carbons (Fsp3) is 0.667. The Balaban J connectivity index is 2.03. The van der Waals surface area contributed by atoms with Crippen LogP contribution in [0.15, 0.2) is 5.38 Å². The number of thiazole rings is 1. The molecule has 1 saturated carbocycles. The van der Waals surface area contributed by atoms with Crippen molar-refractivity contribution in [3.05, 3.63) is 16.1 Å². The lowest BCUT2D eigenvalue weighted by Crippen LogP contribution is -2.35. The molecule has 0 N–H and O–H groups in total. The highest BCUT2D eigenvalue weighted by Crippen LogP contribution is 2.27. The maximum Gasteiger partial charge on any atom is 0.357 e.